The second kappa shape index (κ2) is 11.8. The van der Waals surface area contributed by atoms with E-state index < -0.39 is 47.3 Å². The van der Waals surface area contributed by atoms with Gasteiger partial charge in [-0.15, -0.1) is 0 Å². The second-order valence-electron chi connectivity index (χ2n) is 9.42. The number of ether oxygens (including phenoxy) is 1. The number of nitrogens with zero attached hydrogens (tertiary/aromatic N) is 1. The van der Waals surface area contributed by atoms with Gasteiger partial charge < -0.3 is 25.6 Å². The third kappa shape index (κ3) is 5.80. The van der Waals surface area contributed by atoms with Crippen molar-refractivity contribution in [2.45, 2.75) is 44.3 Å². The Morgan fingerprint density at radius 1 is 1.03 bits per heavy atom. The minimum Gasteiger partial charge on any atom is -0.381 e. The van der Waals surface area contributed by atoms with Crippen molar-refractivity contribution >= 4 is 23.4 Å². The molecule has 3 N–H and O–H groups in total. The van der Waals surface area contributed by atoms with Crippen molar-refractivity contribution in [2.75, 3.05) is 32.1 Å². The van der Waals surface area contributed by atoms with E-state index in [2.05, 4.69) is 16.0 Å². The van der Waals surface area contributed by atoms with Gasteiger partial charge in [-0.3, -0.25) is 14.4 Å². The maximum absolute atomic E-state index is 14.4. The topological polar surface area (TPSA) is 99.8 Å². The Morgan fingerprint density at radius 2 is 1.70 bits per heavy atom. The molecule has 2 aliphatic heterocycles. The lowest BCUT2D eigenvalue weighted by molar-refractivity contribution is -0.145. The second-order valence-corrected chi connectivity index (χ2v) is 9.42. The molecule has 0 aliphatic carbocycles. The highest BCUT2D eigenvalue weighted by Crippen LogP contribution is 2.33. The predicted octanol–water partition coefficient (Wildman–Crippen LogP) is 2.55. The molecular formula is C27H32F2N4O4. The van der Waals surface area contributed by atoms with Crippen molar-refractivity contribution in [2.24, 2.45) is 5.92 Å². The molecule has 0 saturated carbocycles. The van der Waals surface area contributed by atoms with Crippen molar-refractivity contribution in [1.82, 2.24) is 15.5 Å². The first-order chi connectivity index (χ1) is 17.8. The Labute approximate surface area is 214 Å². The number of anilines is 1. The van der Waals surface area contributed by atoms with Gasteiger partial charge in [0.15, 0.2) is 0 Å². The zero-order valence-corrected chi connectivity index (χ0v) is 20.9. The van der Waals surface area contributed by atoms with Gasteiger partial charge in [-0.25, -0.2) is 8.78 Å². The maximum atomic E-state index is 14.4. The molecule has 37 heavy (non-hydrogen) atoms. The molecule has 0 bridgehead atoms. The zero-order valence-electron chi connectivity index (χ0n) is 20.9. The van der Waals surface area contributed by atoms with Crippen LogP contribution in [0, 0.1) is 17.6 Å². The Morgan fingerprint density at radius 3 is 2.38 bits per heavy atom. The van der Waals surface area contributed by atoms with Crippen LogP contribution in [0.15, 0.2) is 42.5 Å². The zero-order chi connectivity index (χ0) is 26.5. The number of carbonyl (C=O) groups is 3. The van der Waals surface area contributed by atoms with Crippen LogP contribution >= 0.6 is 0 Å². The standard InChI is InChI=1S/C27H32F2N4O4/c1-16(30-2)25(34)31-22(18-11-14-37-15-12-18)27(36)33-13-10-17-6-3-4-7-19(17)24(33)26(35)32-23-20(28)8-5-9-21(23)29/h3-9,16,18,22,24,30H,10-15H2,1-2H3,(H,31,34)(H,32,35)/t16-,22-,24?/m0/s1. The van der Waals surface area contributed by atoms with Crippen LogP contribution in [0.1, 0.15) is 36.9 Å². The average Bonchev–Trinajstić information content (AvgIpc) is 2.92. The van der Waals surface area contributed by atoms with E-state index >= 15 is 0 Å². The van der Waals surface area contributed by atoms with Crippen LogP contribution in [-0.2, 0) is 25.5 Å². The van der Waals surface area contributed by atoms with E-state index in [0.717, 1.165) is 17.7 Å². The summed E-state index contributed by atoms with van der Waals surface area (Å²) in [5.41, 5.74) is 0.883. The summed E-state index contributed by atoms with van der Waals surface area (Å²) in [6, 6.07) is 7.98. The van der Waals surface area contributed by atoms with E-state index in [9.17, 15) is 23.2 Å². The lowest BCUT2D eigenvalue weighted by Crippen LogP contribution is -2.58. The number of nitrogens with one attached hydrogen (secondary N) is 3. The number of rotatable bonds is 7. The molecule has 0 spiro atoms. The fourth-order valence-corrected chi connectivity index (χ4v) is 4.91. The molecular weight excluding hydrogens is 482 g/mol. The van der Waals surface area contributed by atoms with Gasteiger partial charge in [0, 0.05) is 19.8 Å². The molecule has 2 aromatic rings. The summed E-state index contributed by atoms with van der Waals surface area (Å²) in [6.45, 7) is 2.83. The quantitative estimate of drug-likeness (QED) is 0.528. The molecule has 4 rings (SSSR count). The monoisotopic (exact) mass is 514 g/mol. The number of halogens is 2. The SMILES string of the molecule is CN[C@@H](C)C(=O)N[C@H](C(=O)N1CCc2ccccc2C1C(=O)Nc1c(F)cccc1F)C1CCOCC1. The number of benzene rings is 2. The van der Waals surface area contributed by atoms with Gasteiger partial charge in [-0.2, -0.15) is 0 Å². The molecule has 1 unspecified atom stereocenters. The highest BCUT2D eigenvalue weighted by atomic mass is 19.1. The van der Waals surface area contributed by atoms with Crippen molar-refractivity contribution in [3.05, 3.63) is 65.2 Å². The number of hydrogen-bond donors (Lipinski definition) is 3. The molecule has 198 valence electrons. The van der Waals surface area contributed by atoms with Crippen LogP contribution in [0.2, 0.25) is 0 Å². The average molecular weight is 515 g/mol. The van der Waals surface area contributed by atoms with Gasteiger partial charge >= 0.3 is 0 Å². The van der Waals surface area contributed by atoms with Gasteiger partial charge in [0.1, 0.15) is 29.4 Å². The molecule has 10 heteroatoms. The van der Waals surface area contributed by atoms with Gasteiger partial charge in [0.2, 0.25) is 11.8 Å². The predicted molar refractivity (Wildman–Crippen MR) is 134 cm³/mol. The summed E-state index contributed by atoms with van der Waals surface area (Å²) in [6.07, 6.45) is 1.65. The van der Waals surface area contributed by atoms with E-state index in [-0.39, 0.29) is 18.4 Å². The number of fused-ring (bicyclic) bond motifs is 1. The van der Waals surface area contributed by atoms with Gasteiger partial charge in [0.25, 0.3) is 5.91 Å². The Kier molecular flexibility index (Phi) is 8.50. The van der Waals surface area contributed by atoms with Crippen molar-refractivity contribution < 1.29 is 27.9 Å². The molecule has 0 aromatic heterocycles. The summed E-state index contributed by atoms with van der Waals surface area (Å²) in [5.74, 6) is -3.48. The molecule has 2 aromatic carbocycles. The summed E-state index contributed by atoms with van der Waals surface area (Å²) in [4.78, 5) is 41.9. The van der Waals surface area contributed by atoms with E-state index in [1.54, 1.807) is 26.1 Å². The van der Waals surface area contributed by atoms with E-state index in [4.69, 9.17) is 4.74 Å². The lowest BCUT2D eigenvalue weighted by Gasteiger charge is -2.40. The first-order valence-electron chi connectivity index (χ1n) is 12.5. The number of para-hydroxylation sites is 1. The van der Waals surface area contributed by atoms with Gasteiger partial charge in [-0.1, -0.05) is 30.3 Å². The normalized spacial score (nSPS) is 19.5. The number of likely N-dealkylation sites (N-methyl/N-ethyl adjacent to an activating group) is 1. The molecule has 1 saturated heterocycles. The first-order valence-corrected chi connectivity index (χ1v) is 12.5. The molecule has 3 amide bonds. The Bertz CT molecular complexity index is 1130. The van der Waals surface area contributed by atoms with Crippen molar-refractivity contribution in [3.63, 3.8) is 0 Å². The Balaban J connectivity index is 1.68. The summed E-state index contributed by atoms with van der Waals surface area (Å²) in [7, 11) is 1.65. The molecule has 8 nitrogen and oxygen atoms in total. The van der Waals surface area contributed by atoms with Crippen LogP contribution in [0.25, 0.3) is 0 Å². The first kappa shape index (κ1) is 26.7. The highest BCUT2D eigenvalue weighted by molar-refractivity contribution is 6.00. The fourth-order valence-electron chi connectivity index (χ4n) is 4.91. The number of hydrogen-bond acceptors (Lipinski definition) is 5. The molecule has 1 fully saturated rings. The molecule has 3 atom stereocenters. The van der Waals surface area contributed by atoms with Crippen molar-refractivity contribution in [3.8, 4) is 0 Å². The van der Waals surface area contributed by atoms with Crippen LogP contribution in [-0.4, -0.2) is 61.5 Å². The van der Waals surface area contributed by atoms with Crippen LogP contribution in [0.3, 0.4) is 0 Å². The minimum absolute atomic E-state index is 0.181. The maximum Gasteiger partial charge on any atom is 0.251 e. The Hall–Kier alpha value is -3.37. The minimum atomic E-state index is -1.13. The summed E-state index contributed by atoms with van der Waals surface area (Å²) >= 11 is 0. The third-order valence-electron chi connectivity index (χ3n) is 7.15. The summed E-state index contributed by atoms with van der Waals surface area (Å²) in [5, 5.41) is 8.12. The highest BCUT2D eigenvalue weighted by Gasteiger charge is 2.42. The molecule has 0 radical (unpaired) electrons. The largest absolute Gasteiger partial charge is 0.381 e. The van der Waals surface area contributed by atoms with Gasteiger partial charge in [0.05, 0.1) is 6.04 Å². The van der Waals surface area contributed by atoms with Crippen LogP contribution in [0.5, 0.6) is 0 Å². The lowest BCUT2D eigenvalue weighted by atomic mass is 9.87. The van der Waals surface area contributed by atoms with Gasteiger partial charge in [-0.05, 0) is 62.4 Å². The van der Waals surface area contributed by atoms with Crippen LogP contribution < -0.4 is 16.0 Å². The van der Waals surface area contributed by atoms with E-state index in [0.29, 0.717) is 38.0 Å². The smallest absolute Gasteiger partial charge is 0.251 e. The fraction of sp³-hybridized carbons (Fsp3) is 0.444. The number of carbonyl (C=O) groups excluding carboxylic acids is 3. The van der Waals surface area contributed by atoms with E-state index in [1.807, 2.05) is 12.1 Å². The molecule has 2 heterocycles. The number of amides is 3. The van der Waals surface area contributed by atoms with Crippen molar-refractivity contribution in [1.29, 1.82) is 0 Å². The third-order valence-corrected chi connectivity index (χ3v) is 7.15. The summed E-state index contributed by atoms with van der Waals surface area (Å²) < 4.78 is 34.2. The van der Waals surface area contributed by atoms with Crippen LogP contribution in [0.4, 0.5) is 14.5 Å². The molecule has 2 aliphatic rings. The van der Waals surface area contributed by atoms with E-state index in [1.165, 1.54) is 11.0 Å².